The van der Waals surface area contributed by atoms with Crippen molar-refractivity contribution in [1.82, 2.24) is 29.1 Å². The fourth-order valence-corrected chi connectivity index (χ4v) is 8.73. The highest BCUT2D eigenvalue weighted by Gasteiger charge is 2.32. The van der Waals surface area contributed by atoms with Crippen LogP contribution in [-0.2, 0) is 22.6 Å². The number of carbonyl (C=O) groups excluding carboxylic acids is 1. The number of rotatable bonds is 17. The molecular formula is C47H51ClN6O6S. The maximum absolute atomic E-state index is 13.8. The van der Waals surface area contributed by atoms with Gasteiger partial charge in [-0.3, -0.25) is 9.88 Å². The fourth-order valence-electron chi connectivity index (χ4n) is 7.81. The summed E-state index contributed by atoms with van der Waals surface area (Å²) in [4.78, 5) is 32.8. The van der Waals surface area contributed by atoms with Crippen LogP contribution in [0.25, 0.3) is 32.6 Å². The predicted octanol–water partition coefficient (Wildman–Crippen LogP) is 8.81. The van der Waals surface area contributed by atoms with Crippen LogP contribution in [0.4, 0.5) is 0 Å². The van der Waals surface area contributed by atoms with Crippen LogP contribution in [0.3, 0.4) is 0 Å². The van der Waals surface area contributed by atoms with Gasteiger partial charge < -0.3 is 28.6 Å². The number of fused-ring (bicyclic) bond motifs is 1. The Balaban J connectivity index is 1.06. The van der Waals surface area contributed by atoms with Gasteiger partial charge in [-0.15, -0.1) is 0 Å². The number of hydrogen-bond acceptors (Lipinski definition) is 13. The van der Waals surface area contributed by atoms with Crippen molar-refractivity contribution in [2.24, 2.45) is 0 Å². The second kappa shape index (κ2) is 19.6. The number of aromatic nitrogens is 4. The van der Waals surface area contributed by atoms with Crippen molar-refractivity contribution >= 4 is 39.2 Å². The number of carbonyl (C=O) groups is 1. The number of hydrogen-bond donors (Lipinski definition) is 0. The van der Waals surface area contributed by atoms with Gasteiger partial charge in [0.1, 0.15) is 30.5 Å². The summed E-state index contributed by atoms with van der Waals surface area (Å²) in [6, 6.07) is 21.1. The summed E-state index contributed by atoms with van der Waals surface area (Å²) in [7, 11) is 3.78. The molecule has 6 aromatic rings. The molecule has 0 bridgehead atoms. The van der Waals surface area contributed by atoms with E-state index in [2.05, 4.69) is 27.9 Å². The van der Waals surface area contributed by atoms with E-state index in [-0.39, 0.29) is 25.6 Å². The second-order valence-electron chi connectivity index (χ2n) is 15.4. The van der Waals surface area contributed by atoms with Crippen molar-refractivity contribution in [3.05, 3.63) is 107 Å². The van der Waals surface area contributed by atoms with Crippen LogP contribution in [0.1, 0.15) is 54.6 Å². The maximum atomic E-state index is 13.8. The quantitative estimate of drug-likeness (QED) is 0.0815. The standard InChI is InChI=1S/C47H51ClN6O6S/c1-5-57-47(55)39(27-32-11-6-8-15-36(32)59-29-33-19-20-49-45(51-33)35-14-7-9-16-37(35)56-4)60-46-42-40(61-52-46)28-50-44(31-12-10-13-31)41(42)34-17-18-38(43(48)30(34)2)58-26-25-54-23-21-53(3)22-24-54/h6-9,11,14-20,28,31,39H,5,10,12-13,21-27,29H2,1-4H3. The molecule has 12 nitrogen and oxygen atoms in total. The zero-order valence-electron chi connectivity index (χ0n) is 35.1. The summed E-state index contributed by atoms with van der Waals surface area (Å²) in [5, 5.41) is 1.37. The molecule has 1 unspecified atom stereocenters. The number of para-hydroxylation sites is 2. The van der Waals surface area contributed by atoms with Crippen LogP contribution < -0.4 is 18.9 Å². The molecule has 318 valence electrons. The lowest BCUT2D eigenvalue weighted by atomic mass is 9.79. The molecule has 0 spiro atoms. The van der Waals surface area contributed by atoms with Crippen molar-refractivity contribution in [3.8, 4) is 45.6 Å². The number of methoxy groups -OCH3 is 1. The van der Waals surface area contributed by atoms with Gasteiger partial charge in [-0.05, 0) is 92.3 Å². The van der Waals surface area contributed by atoms with Crippen molar-refractivity contribution in [1.29, 1.82) is 0 Å². The summed E-state index contributed by atoms with van der Waals surface area (Å²) in [6.45, 7) is 9.73. The summed E-state index contributed by atoms with van der Waals surface area (Å²) < 4.78 is 36.1. The third-order valence-corrected chi connectivity index (χ3v) is 12.7. The van der Waals surface area contributed by atoms with E-state index in [1.807, 2.05) is 73.8 Å². The minimum absolute atomic E-state index is 0.172. The SMILES string of the molecule is CCOC(=O)C(Cc1ccccc1OCc1ccnc(-c2ccccc2OC)n1)Oc1nsc2cnc(C3CCC3)c(-c3ccc(OCCN4CCN(C)CC4)c(Cl)c3C)c12. The smallest absolute Gasteiger partial charge is 0.347 e. The molecular weight excluding hydrogens is 812 g/mol. The summed E-state index contributed by atoms with van der Waals surface area (Å²) in [5.74, 6) is 2.60. The van der Waals surface area contributed by atoms with Crippen LogP contribution in [0, 0.1) is 6.92 Å². The molecule has 3 aromatic heterocycles. The molecule has 3 aromatic carbocycles. The van der Waals surface area contributed by atoms with Gasteiger partial charge in [0.25, 0.3) is 0 Å². The van der Waals surface area contributed by atoms with Gasteiger partial charge in [-0.1, -0.05) is 54.4 Å². The summed E-state index contributed by atoms with van der Waals surface area (Å²) in [6.07, 6.45) is 5.94. The largest absolute Gasteiger partial charge is 0.496 e. The molecule has 0 radical (unpaired) electrons. The van der Waals surface area contributed by atoms with Gasteiger partial charge in [0.05, 0.1) is 45.8 Å². The summed E-state index contributed by atoms with van der Waals surface area (Å²) >= 11 is 8.41. The van der Waals surface area contributed by atoms with E-state index in [1.165, 1.54) is 11.5 Å². The monoisotopic (exact) mass is 862 g/mol. The highest BCUT2D eigenvalue weighted by Crippen LogP contribution is 2.48. The number of halogens is 1. The molecule has 1 aliphatic heterocycles. The van der Waals surface area contributed by atoms with Crippen molar-refractivity contribution in [2.75, 3.05) is 60.1 Å². The average Bonchev–Trinajstić information content (AvgIpc) is 3.67. The van der Waals surface area contributed by atoms with Crippen LogP contribution in [0.2, 0.25) is 5.02 Å². The van der Waals surface area contributed by atoms with E-state index in [9.17, 15) is 4.79 Å². The molecule has 1 saturated heterocycles. The minimum atomic E-state index is -1.03. The van der Waals surface area contributed by atoms with E-state index in [0.717, 1.165) is 95.6 Å². The topological polar surface area (TPSA) is 121 Å². The third-order valence-electron chi connectivity index (χ3n) is 11.5. The van der Waals surface area contributed by atoms with Crippen LogP contribution in [0.15, 0.2) is 79.1 Å². The zero-order chi connectivity index (χ0) is 42.3. The van der Waals surface area contributed by atoms with Gasteiger partial charge >= 0.3 is 5.97 Å². The molecule has 61 heavy (non-hydrogen) atoms. The fraction of sp³-hybridized carbons (Fsp3) is 0.383. The maximum Gasteiger partial charge on any atom is 0.347 e. The number of piperazine rings is 1. The van der Waals surface area contributed by atoms with E-state index < -0.39 is 12.1 Å². The molecule has 0 amide bonds. The highest BCUT2D eigenvalue weighted by molar-refractivity contribution is 7.13. The summed E-state index contributed by atoms with van der Waals surface area (Å²) in [5.41, 5.74) is 5.97. The Morgan fingerprint density at radius 1 is 0.934 bits per heavy atom. The molecule has 1 atom stereocenters. The number of esters is 1. The first-order valence-corrected chi connectivity index (χ1v) is 22.1. The van der Waals surface area contributed by atoms with E-state index >= 15 is 0 Å². The molecule has 1 aliphatic carbocycles. The number of ether oxygens (including phenoxy) is 5. The van der Waals surface area contributed by atoms with E-state index in [4.69, 9.17) is 49.6 Å². The Bertz CT molecular complexity index is 2470. The Morgan fingerprint density at radius 2 is 1.72 bits per heavy atom. The van der Waals surface area contributed by atoms with Crippen LogP contribution in [0.5, 0.6) is 23.1 Å². The van der Waals surface area contributed by atoms with Gasteiger partial charge in [-0.2, -0.15) is 4.37 Å². The third kappa shape index (κ3) is 9.60. The normalized spacial score (nSPS) is 15.3. The Hall–Kier alpha value is -5.34. The van der Waals surface area contributed by atoms with Gasteiger partial charge in [0.2, 0.25) is 12.0 Å². The van der Waals surface area contributed by atoms with Gasteiger partial charge in [0.15, 0.2) is 5.82 Å². The second-order valence-corrected chi connectivity index (χ2v) is 16.6. The molecule has 8 rings (SSSR count). The Labute approximate surface area is 365 Å². The number of benzene rings is 3. The average molecular weight is 863 g/mol. The predicted molar refractivity (Wildman–Crippen MR) is 238 cm³/mol. The Morgan fingerprint density at radius 3 is 2.49 bits per heavy atom. The molecule has 0 N–H and O–H groups in total. The highest BCUT2D eigenvalue weighted by atomic mass is 35.5. The van der Waals surface area contributed by atoms with Crippen molar-refractivity contribution in [3.63, 3.8) is 0 Å². The van der Waals surface area contributed by atoms with E-state index in [1.54, 1.807) is 20.2 Å². The van der Waals surface area contributed by atoms with Gasteiger partial charge in [-0.25, -0.2) is 14.8 Å². The first kappa shape index (κ1) is 42.4. The van der Waals surface area contributed by atoms with E-state index in [0.29, 0.717) is 46.3 Å². The lowest BCUT2D eigenvalue weighted by molar-refractivity contribution is -0.151. The number of likely N-dealkylation sites (N-methyl/N-ethyl adjacent to an activating group) is 1. The number of pyridine rings is 1. The Kier molecular flexibility index (Phi) is 13.6. The first-order valence-electron chi connectivity index (χ1n) is 20.9. The lowest BCUT2D eigenvalue weighted by Gasteiger charge is -2.32. The molecule has 14 heteroatoms. The molecule has 4 heterocycles. The minimum Gasteiger partial charge on any atom is -0.496 e. The molecule has 1 saturated carbocycles. The zero-order valence-corrected chi connectivity index (χ0v) is 36.6. The van der Waals surface area contributed by atoms with Crippen LogP contribution in [-0.4, -0.2) is 101 Å². The molecule has 2 fully saturated rings. The molecule has 2 aliphatic rings. The van der Waals surface area contributed by atoms with Gasteiger partial charge in [0, 0.05) is 63.0 Å². The number of nitrogens with zero attached hydrogens (tertiary/aromatic N) is 6. The van der Waals surface area contributed by atoms with Crippen molar-refractivity contribution in [2.45, 2.75) is 58.2 Å². The lowest BCUT2D eigenvalue weighted by Crippen LogP contribution is -2.45. The first-order chi connectivity index (χ1) is 29.8. The van der Waals surface area contributed by atoms with Crippen molar-refractivity contribution < 1.29 is 28.5 Å². The van der Waals surface area contributed by atoms with Crippen LogP contribution >= 0.6 is 23.1 Å².